The van der Waals surface area contributed by atoms with Crippen molar-refractivity contribution >= 4 is 40.7 Å². The second-order valence-electron chi connectivity index (χ2n) is 6.34. The molecular weight excluding hydrogens is 424 g/mol. The van der Waals surface area contributed by atoms with Crippen molar-refractivity contribution in [1.82, 2.24) is 10.9 Å². The van der Waals surface area contributed by atoms with Gasteiger partial charge in [-0.3, -0.25) is 19.8 Å². The zero-order chi connectivity index (χ0) is 23.0. The molecule has 2 aromatic rings. The number of nitrogens with one attached hydrogen (secondary N) is 4. The summed E-state index contributed by atoms with van der Waals surface area (Å²) in [6, 6.07) is 9.88. The van der Waals surface area contributed by atoms with Gasteiger partial charge < -0.3 is 25.5 Å². The SMILES string of the molecule is C=C(CC(=O)Nc1ccc(OC)cc1OC)NNC(=O)C(=O)Nc1cccc(Cl)c1C. The smallest absolute Gasteiger partial charge is 0.327 e. The molecule has 4 N–H and O–H groups in total. The zero-order valence-electron chi connectivity index (χ0n) is 17.3. The molecule has 0 saturated heterocycles. The molecule has 0 bridgehead atoms. The molecule has 31 heavy (non-hydrogen) atoms. The van der Waals surface area contributed by atoms with Crippen LogP contribution in [0.2, 0.25) is 5.02 Å². The molecule has 10 heteroatoms. The lowest BCUT2D eigenvalue weighted by molar-refractivity contribution is -0.136. The number of benzene rings is 2. The van der Waals surface area contributed by atoms with Crippen molar-refractivity contribution in [2.24, 2.45) is 0 Å². The Labute approximate surface area is 184 Å². The quantitative estimate of drug-likeness (QED) is 0.366. The van der Waals surface area contributed by atoms with Gasteiger partial charge in [-0.05, 0) is 36.8 Å². The van der Waals surface area contributed by atoms with Crippen molar-refractivity contribution in [3.63, 3.8) is 0 Å². The van der Waals surface area contributed by atoms with Crippen LogP contribution < -0.4 is 31.0 Å². The normalized spacial score (nSPS) is 9.94. The Kier molecular flexibility index (Phi) is 8.27. The molecule has 3 amide bonds. The molecule has 0 unspecified atom stereocenters. The summed E-state index contributed by atoms with van der Waals surface area (Å²) in [5.74, 6) is -1.27. The third-order valence-electron chi connectivity index (χ3n) is 4.13. The molecule has 2 rings (SSSR count). The molecule has 0 aromatic heterocycles. The number of hydrazine groups is 1. The number of halogens is 1. The first kappa shape index (κ1) is 23.6. The van der Waals surface area contributed by atoms with Crippen molar-refractivity contribution in [3.8, 4) is 11.5 Å². The van der Waals surface area contributed by atoms with Gasteiger partial charge in [-0.25, -0.2) is 0 Å². The van der Waals surface area contributed by atoms with E-state index < -0.39 is 17.7 Å². The van der Waals surface area contributed by atoms with E-state index in [0.717, 1.165) is 0 Å². The van der Waals surface area contributed by atoms with E-state index in [1.165, 1.54) is 14.2 Å². The first-order valence-electron chi connectivity index (χ1n) is 9.07. The molecule has 0 aliphatic heterocycles. The van der Waals surface area contributed by atoms with Gasteiger partial charge in [0.2, 0.25) is 5.91 Å². The van der Waals surface area contributed by atoms with Gasteiger partial charge in [0.15, 0.2) is 0 Å². The lowest BCUT2D eigenvalue weighted by atomic mass is 10.2. The van der Waals surface area contributed by atoms with Crippen LogP contribution in [0.25, 0.3) is 0 Å². The molecule has 0 fully saturated rings. The van der Waals surface area contributed by atoms with Crippen LogP contribution in [0, 0.1) is 6.92 Å². The van der Waals surface area contributed by atoms with Crippen LogP contribution in [0.3, 0.4) is 0 Å². The van der Waals surface area contributed by atoms with Gasteiger partial charge in [0.05, 0.1) is 26.3 Å². The summed E-state index contributed by atoms with van der Waals surface area (Å²) in [4.78, 5) is 36.2. The summed E-state index contributed by atoms with van der Waals surface area (Å²) in [5, 5.41) is 5.60. The number of carbonyl (C=O) groups excluding carboxylic acids is 3. The highest BCUT2D eigenvalue weighted by Gasteiger charge is 2.16. The molecule has 0 aliphatic carbocycles. The number of rotatable bonds is 8. The monoisotopic (exact) mass is 446 g/mol. The number of anilines is 2. The Hall–Kier alpha value is -3.72. The van der Waals surface area contributed by atoms with E-state index in [1.54, 1.807) is 43.3 Å². The van der Waals surface area contributed by atoms with Crippen molar-refractivity contribution in [1.29, 1.82) is 0 Å². The van der Waals surface area contributed by atoms with Crippen molar-refractivity contribution in [3.05, 3.63) is 59.3 Å². The van der Waals surface area contributed by atoms with Crippen LogP contribution in [0.1, 0.15) is 12.0 Å². The van der Waals surface area contributed by atoms with Gasteiger partial charge in [0.25, 0.3) is 0 Å². The summed E-state index contributed by atoms with van der Waals surface area (Å²) in [6.45, 7) is 5.37. The molecule has 0 heterocycles. The zero-order valence-corrected chi connectivity index (χ0v) is 18.1. The second-order valence-corrected chi connectivity index (χ2v) is 6.75. The summed E-state index contributed by atoms with van der Waals surface area (Å²) in [6.07, 6.45) is -0.162. The molecular formula is C21H23ClN4O5. The fourth-order valence-electron chi connectivity index (χ4n) is 2.46. The first-order valence-corrected chi connectivity index (χ1v) is 9.45. The summed E-state index contributed by atoms with van der Waals surface area (Å²) in [7, 11) is 2.99. The fourth-order valence-corrected chi connectivity index (χ4v) is 2.63. The van der Waals surface area contributed by atoms with Crippen LogP contribution in [-0.2, 0) is 14.4 Å². The minimum Gasteiger partial charge on any atom is -0.497 e. The maximum atomic E-state index is 12.2. The molecule has 0 atom stereocenters. The second kappa shape index (κ2) is 10.9. The molecule has 9 nitrogen and oxygen atoms in total. The summed E-state index contributed by atoms with van der Waals surface area (Å²) in [5.41, 5.74) is 6.30. The highest BCUT2D eigenvalue weighted by Crippen LogP contribution is 2.29. The molecule has 2 aromatic carbocycles. The van der Waals surface area contributed by atoms with E-state index in [9.17, 15) is 14.4 Å². The van der Waals surface area contributed by atoms with E-state index in [1.807, 2.05) is 0 Å². The third-order valence-corrected chi connectivity index (χ3v) is 4.54. The molecule has 0 aliphatic rings. The van der Waals surface area contributed by atoms with E-state index in [-0.39, 0.29) is 12.1 Å². The van der Waals surface area contributed by atoms with Gasteiger partial charge in [0.1, 0.15) is 11.5 Å². The Bertz CT molecular complexity index is 1010. The van der Waals surface area contributed by atoms with Crippen molar-refractivity contribution in [2.75, 3.05) is 24.9 Å². The minimum absolute atomic E-state index is 0.162. The number of methoxy groups -OCH3 is 2. The van der Waals surface area contributed by atoms with Crippen LogP contribution >= 0.6 is 11.6 Å². The maximum Gasteiger partial charge on any atom is 0.327 e. The lowest BCUT2D eigenvalue weighted by Gasteiger charge is -2.14. The highest BCUT2D eigenvalue weighted by molar-refractivity contribution is 6.40. The van der Waals surface area contributed by atoms with E-state index in [2.05, 4.69) is 28.1 Å². The standard InChI is InChI=1S/C21H23ClN4O5/c1-12(10-19(27)23-17-9-8-14(30-3)11-18(17)31-4)25-26-21(29)20(28)24-16-7-5-6-15(22)13(16)2/h5-9,11,25H,1,10H2,2-4H3,(H,23,27)(H,24,28)(H,26,29). The molecule has 0 spiro atoms. The first-order chi connectivity index (χ1) is 14.7. The van der Waals surface area contributed by atoms with Gasteiger partial charge in [-0.15, -0.1) is 0 Å². The number of hydrogen-bond donors (Lipinski definition) is 4. The fraction of sp³-hybridized carbons (Fsp3) is 0.190. The minimum atomic E-state index is -0.960. The van der Waals surface area contributed by atoms with E-state index in [4.69, 9.17) is 21.1 Å². The number of hydrogen-bond acceptors (Lipinski definition) is 6. The largest absolute Gasteiger partial charge is 0.497 e. The Morgan fingerprint density at radius 1 is 0.968 bits per heavy atom. The average Bonchev–Trinajstić information content (AvgIpc) is 2.75. The highest BCUT2D eigenvalue weighted by atomic mass is 35.5. The Balaban J connectivity index is 1.84. The average molecular weight is 447 g/mol. The summed E-state index contributed by atoms with van der Waals surface area (Å²) >= 11 is 5.99. The molecule has 0 radical (unpaired) electrons. The van der Waals surface area contributed by atoms with Crippen LogP contribution in [0.15, 0.2) is 48.7 Å². The predicted molar refractivity (Wildman–Crippen MR) is 118 cm³/mol. The lowest BCUT2D eigenvalue weighted by Crippen LogP contribution is -2.43. The van der Waals surface area contributed by atoms with Gasteiger partial charge >= 0.3 is 11.8 Å². The van der Waals surface area contributed by atoms with E-state index >= 15 is 0 Å². The van der Waals surface area contributed by atoms with Crippen LogP contribution in [-0.4, -0.2) is 31.9 Å². The predicted octanol–water partition coefficient (Wildman–Crippen LogP) is 2.77. The van der Waals surface area contributed by atoms with Crippen LogP contribution in [0.5, 0.6) is 11.5 Å². The van der Waals surface area contributed by atoms with Crippen molar-refractivity contribution in [2.45, 2.75) is 13.3 Å². The van der Waals surface area contributed by atoms with E-state index in [0.29, 0.717) is 33.5 Å². The number of ether oxygens (including phenoxy) is 2. The van der Waals surface area contributed by atoms with Crippen LogP contribution in [0.4, 0.5) is 11.4 Å². The van der Waals surface area contributed by atoms with Gasteiger partial charge in [0, 0.05) is 22.5 Å². The van der Waals surface area contributed by atoms with Crippen molar-refractivity contribution < 1.29 is 23.9 Å². The Morgan fingerprint density at radius 3 is 2.39 bits per heavy atom. The van der Waals surface area contributed by atoms with Gasteiger partial charge in [-0.1, -0.05) is 24.2 Å². The number of carbonyl (C=O) groups is 3. The van der Waals surface area contributed by atoms with Gasteiger partial charge in [-0.2, -0.15) is 0 Å². The molecule has 164 valence electrons. The Morgan fingerprint density at radius 2 is 1.71 bits per heavy atom. The third kappa shape index (κ3) is 6.65. The summed E-state index contributed by atoms with van der Waals surface area (Å²) < 4.78 is 10.3. The maximum absolute atomic E-state index is 12.2. The topological polar surface area (TPSA) is 118 Å². The number of amides is 3. The molecule has 0 saturated carbocycles.